The molecule has 8 heteroatoms. The van der Waals surface area contributed by atoms with Crippen molar-refractivity contribution in [3.8, 4) is 11.3 Å². The SMILES string of the molecule is Cc1cc(C(C(=O)N2CCCC2C(=O)NC(C)c2ccc(-c3ocnc3C)cc2)C(C)(C)C)on1. The molecule has 2 aromatic heterocycles. The second-order valence-electron chi connectivity index (χ2n) is 10.5. The van der Waals surface area contributed by atoms with Crippen molar-refractivity contribution < 1.29 is 18.5 Å². The number of amides is 2. The fraction of sp³-hybridized carbons (Fsp3) is 0.481. The van der Waals surface area contributed by atoms with E-state index in [1.54, 1.807) is 4.90 Å². The number of nitrogens with zero attached hydrogens (tertiary/aromatic N) is 3. The molecule has 1 aliphatic heterocycles. The van der Waals surface area contributed by atoms with Gasteiger partial charge in [0.1, 0.15) is 17.7 Å². The standard InChI is InChI=1S/C27H34N4O4/c1-16-14-22(35-30-16)23(27(4,5)6)26(33)31-13-7-8-21(31)25(32)29-17(2)19-9-11-20(12-10-19)24-18(3)28-15-34-24/h9-12,14-15,17,21,23H,7-8,13H2,1-6H3,(H,29,32). The monoisotopic (exact) mass is 478 g/mol. The van der Waals surface area contributed by atoms with Crippen LogP contribution in [-0.2, 0) is 9.59 Å². The summed E-state index contributed by atoms with van der Waals surface area (Å²) in [7, 11) is 0. The maximum absolute atomic E-state index is 13.7. The molecule has 1 saturated heterocycles. The molecule has 0 aliphatic carbocycles. The van der Waals surface area contributed by atoms with Crippen LogP contribution < -0.4 is 5.32 Å². The summed E-state index contributed by atoms with van der Waals surface area (Å²) in [5.74, 6) is 0.539. The van der Waals surface area contributed by atoms with E-state index in [4.69, 9.17) is 8.94 Å². The highest BCUT2D eigenvalue weighted by Gasteiger charge is 2.43. The number of oxazole rings is 1. The van der Waals surface area contributed by atoms with Gasteiger partial charge in [-0.1, -0.05) is 50.2 Å². The topological polar surface area (TPSA) is 101 Å². The van der Waals surface area contributed by atoms with Gasteiger partial charge < -0.3 is 19.2 Å². The smallest absolute Gasteiger partial charge is 0.243 e. The summed E-state index contributed by atoms with van der Waals surface area (Å²) in [6, 6.07) is 8.97. The molecule has 3 atom stereocenters. The number of aryl methyl sites for hydroxylation is 2. The van der Waals surface area contributed by atoms with Crippen LogP contribution in [-0.4, -0.2) is 39.4 Å². The number of hydrogen-bond acceptors (Lipinski definition) is 6. The average Bonchev–Trinajstić information content (AvgIpc) is 3.54. The highest BCUT2D eigenvalue weighted by molar-refractivity contribution is 5.91. The second kappa shape index (κ2) is 9.68. The van der Waals surface area contributed by atoms with Crippen LogP contribution in [0.1, 0.15) is 75.2 Å². The fourth-order valence-corrected chi connectivity index (χ4v) is 4.80. The van der Waals surface area contributed by atoms with Gasteiger partial charge in [0.2, 0.25) is 11.8 Å². The Balaban J connectivity index is 1.47. The molecule has 3 aromatic rings. The van der Waals surface area contributed by atoms with Crippen molar-refractivity contribution in [3.63, 3.8) is 0 Å². The number of likely N-dealkylation sites (tertiary alicyclic amines) is 1. The number of benzene rings is 1. The maximum Gasteiger partial charge on any atom is 0.243 e. The normalized spacial score (nSPS) is 17.9. The fourth-order valence-electron chi connectivity index (χ4n) is 4.80. The Morgan fingerprint density at radius 2 is 1.89 bits per heavy atom. The number of carbonyl (C=O) groups excluding carboxylic acids is 2. The van der Waals surface area contributed by atoms with Crippen molar-refractivity contribution in [2.24, 2.45) is 5.41 Å². The number of carbonyl (C=O) groups is 2. The molecule has 8 nitrogen and oxygen atoms in total. The van der Waals surface area contributed by atoms with Gasteiger partial charge in [-0.25, -0.2) is 4.98 Å². The van der Waals surface area contributed by atoms with E-state index < -0.39 is 12.0 Å². The third-order valence-electron chi connectivity index (χ3n) is 6.66. The zero-order chi connectivity index (χ0) is 25.3. The van der Waals surface area contributed by atoms with Gasteiger partial charge in [0.05, 0.1) is 17.4 Å². The number of hydrogen-bond donors (Lipinski definition) is 1. The van der Waals surface area contributed by atoms with Gasteiger partial charge in [-0.3, -0.25) is 9.59 Å². The van der Waals surface area contributed by atoms with Crippen LogP contribution in [0.2, 0.25) is 0 Å². The first-order valence-corrected chi connectivity index (χ1v) is 12.1. The number of rotatable bonds is 6. The maximum atomic E-state index is 13.7. The molecule has 2 amide bonds. The van der Waals surface area contributed by atoms with Crippen LogP contribution in [0, 0.1) is 19.3 Å². The lowest BCUT2D eigenvalue weighted by atomic mass is 9.78. The summed E-state index contributed by atoms with van der Waals surface area (Å²) < 4.78 is 11.0. The molecular formula is C27H34N4O4. The predicted octanol–water partition coefficient (Wildman–Crippen LogP) is 4.94. The van der Waals surface area contributed by atoms with Crippen LogP contribution >= 0.6 is 0 Å². The van der Waals surface area contributed by atoms with Crippen molar-refractivity contribution >= 4 is 11.8 Å². The Morgan fingerprint density at radius 3 is 2.46 bits per heavy atom. The summed E-state index contributed by atoms with van der Waals surface area (Å²) in [5.41, 5.74) is 3.09. The molecule has 35 heavy (non-hydrogen) atoms. The van der Waals surface area contributed by atoms with Crippen molar-refractivity contribution in [1.82, 2.24) is 20.4 Å². The zero-order valence-electron chi connectivity index (χ0n) is 21.3. The molecule has 1 aliphatic rings. The van der Waals surface area contributed by atoms with Crippen LogP contribution in [0.25, 0.3) is 11.3 Å². The first kappa shape index (κ1) is 24.7. The molecule has 3 heterocycles. The summed E-state index contributed by atoms with van der Waals surface area (Å²) in [6.45, 7) is 12.3. The highest BCUT2D eigenvalue weighted by atomic mass is 16.5. The lowest BCUT2D eigenvalue weighted by Gasteiger charge is -2.33. The van der Waals surface area contributed by atoms with Gasteiger partial charge in [0.15, 0.2) is 12.2 Å². The van der Waals surface area contributed by atoms with E-state index in [1.165, 1.54) is 6.39 Å². The second-order valence-corrected chi connectivity index (χ2v) is 10.5. The zero-order valence-corrected chi connectivity index (χ0v) is 21.3. The predicted molar refractivity (Wildman–Crippen MR) is 131 cm³/mol. The Hall–Kier alpha value is -3.42. The number of aromatic nitrogens is 2. The van der Waals surface area contributed by atoms with Crippen molar-refractivity contribution in [3.05, 3.63) is 59.4 Å². The van der Waals surface area contributed by atoms with E-state index in [9.17, 15) is 9.59 Å². The minimum atomic E-state index is -0.512. The Bertz CT molecular complexity index is 1190. The van der Waals surface area contributed by atoms with Gasteiger partial charge >= 0.3 is 0 Å². The van der Waals surface area contributed by atoms with Gasteiger partial charge in [0.25, 0.3) is 0 Å². The quantitative estimate of drug-likeness (QED) is 0.538. The molecule has 0 radical (unpaired) electrons. The van der Waals surface area contributed by atoms with Gasteiger partial charge in [-0.15, -0.1) is 0 Å². The summed E-state index contributed by atoms with van der Waals surface area (Å²) in [4.78, 5) is 32.8. The molecule has 3 unspecified atom stereocenters. The summed E-state index contributed by atoms with van der Waals surface area (Å²) >= 11 is 0. The first-order chi connectivity index (χ1) is 16.6. The van der Waals surface area contributed by atoms with Crippen LogP contribution in [0.5, 0.6) is 0 Å². The molecule has 1 fully saturated rings. The van der Waals surface area contributed by atoms with Crippen LogP contribution in [0.4, 0.5) is 0 Å². The lowest BCUT2D eigenvalue weighted by Crippen LogP contribution is -2.49. The summed E-state index contributed by atoms with van der Waals surface area (Å²) in [6.07, 6.45) is 2.86. The Labute approximate surface area is 206 Å². The molecule has 4 rings (SSSR count). The van der Waals surface area contributed by atoms with Gasteiger partial charge in [-0.05, 0) is 44.6 Å². The van der Waals surface area contributed by atoms with E-state index in [0.29, 0.717) is 18.7 Å². The molecule has 1 N–H and O–H groups in total. The van der Waals surface area contributed by atoms with Crippen molar-refractivity contribution in [2.45, 2.75) is 72.4 Å². The van der Waals surface area contributed by atoms with E-state index in [1.807, 2.05) is 71.9 Å². The van der Waals surface area contributed by atoms with E-state index in [-0.39, 0.29) is 23.3 Å². The first-order valence-electron chi connectivity index (χ1n) is 12.1. The van der Waals surface area contributed by atoms with Crippen LogP contribution in [0.15, 0.2) is 45.7 Å². The third kappa shape index (κ3) is 5.16. The molecule has 1 aromatic carbocycles. The van der Waals surface area contributed by atoms with Crippen molar-refractivity contribution in [2.75, 3.05) is 6.54 Å². The van der Waals surface area contributed by atoms with Crippen molar-refractivity contribution in [1.29, 1.82) is 0 Å². The molecule has 186 valence electrons. The number of nitrogens with one attached hydrogen (secondary N) is 1. The summed E-state index contributed by atoms with van der Waals surface area (Å²) in [5, 5.41) is 7.09. The Morgan fingerprint density at radius 1 is 1.17 bits per heavy atom. The van der Waals surface area contributed by atoms with E-state index in [0.717, 1.165) is 34.7 Å². The van der Waals surface area contributed by atoms with Gasteiger partial charge in [0, 0.05) is 18.2 Å². The molecule has 0 spiro atoms. The largest absolute Gasteiger partial charge is 0.443 e. The molecule has 0 bridgehead atoms. The third-order valence-corrected chi connectivity index (χ3v) is 6.66. The Kier molecular flexibility index (Phi) is 6.83. The minimum Gasteiger partial charge on any atom is -0.443 e. The molecular weight excluding hydrogens is 444 g/mol. The lowest BCUT2D eigenvalue weighted by molar-refractivity contribution is -0.142. The average molecular weight is 479 g/mol. The van der Waals surface area contributed by atoms with Gasteiger partial charge in [-0.2, -0.15) is 0 Å². The minimum absolute atomic E-state index is 0.0919. The molecule has 0 saturated carbocycles. The van der Waals surface area contributed by atoms with Crippen LogP contribution in [0.3, 0.4) is 0 Å². The highest BCUT2D eigenvalue weighted by Crippen LogP contribution is 2.38. The van der Waals surface area contributed by atoms with E-state index in [2.05, 4.69) is 15.5 Å². The van der Waals surface area contributed by atoms with E-state index >= 15 is 0 Å².